The summed E-state index contributed by atoms with van der Waals surface area (Å²) in [5.74, 6) is 0.456. The van der Waals surface area contributed by atoms with Gasteiger partial charge in [0.25, 0.3) is 5.91 Å². The fraction of sp³-hybridized carbons (Fsp3) is 0.533. The Morgan fingerprint density at radius 2 is 2.10 bits per heavy atom. The van der Waals surface area contributed by atoms with Gasteiger partial charge in [0.05, 0.1) is 5.02 Å². The fourth-order valence-corrected chi connectivity index (χ4v) is 3.10. The monoisotopic (exact) mass is 359 g/mol. The van der Waals surface area contributed by atoms with Crippen LogP contribution in [0.1, 0.15) is 39.0 Å². The Hall–Kier alpha value is -0.740. The number of carbonyl (C=O) groups is 1. The molecule has 20 heavy (non-hydrogen) atoms. The smallest absolute Gasteiger partial charge is 0.260 e. The first-order valence-electron chi connectivity index (χ1n) is 6.98. The number of rotatable bonds is 4. The molecule has 1 atom stereocenters. The van der Waals surface area contributed by atoms with E-state index in [0.717, 1.165) is 17.3 Å². The molecular weight excluding hydrogens is 342 g/mol. The van der Waals surface area contributed by atoms with Gasteiger partial charge >= 0.3 is 0 Å². The lowest BCUT2D eigenvalue weighted by Gasteiger charge is -2.24. The second kappa shape index (κ2) is 7.32. The molecule has 0 bridgehead atoms. The Bertz CT molecular complexity index is 475. The summed E-state index contributed by atoms with van der Waals surface area (Å²) in [5.41, 5.74) is 0. The van der Waals surface area contributed by atoms with E-state index in [1.54, 1.807) is 19.1 Å². The van der Waals surface area contributed by atoms with E-state index in [4.69, 9.17) is 16.3 Å². The first-order valence-corrected chi connectivity index (χ1v) is 8.15. The van der Waals surface area contributed by atoms with Crippen molar-refractivity contribution in [2.75, 3.05) is 0 Å². The van der Waals surface area contributed by atoms with Crippen LogP contribution in [0.25, 0.3) is 0 Å². The average molecular weight is 361 g/mol. The molecular formula is C15H19BrClNO2. The highest BCUT2D eigenvalue weighted by molar-refractivity contribution is 9.10. The second-order valence-corrected chi connectivity index (χ2v) is 6.50. The molecule has 1 fully saturated rings. The highest BCUT2D eigenvalue weighted by Gasteiger charge is 2.21. The van der Waals surface area contributed by atoms with Crippen LogP contribution in [0.3, 0.4) is 0 Å². The van der Waals surface area contributed by atoms with Crippen molar-refractivity contribution in [1.82, 2.24) is 5.32 Å². The molecule has 0 radical (unpaired) electrons. The molecule has 1 aliphatic rings. The van der Waals surface area contributed by atoms with Crippen molar-refractivity contribution in [1.29, 1.82) is 0 Å². The summed E-state index contributed by atoms with van der Waals surface area (Å²) >= 11 is 9.42. The molecule has 1 N–H and O–H groups in total. The zero-order valence-electron chi connectivity index (χ0n) is 11.5. The van der Waals surface area contributed by atoms with Gasteiger partial charge in [-0.2, -0.15) is 0 Å². The molecule has 1 saturated carbocycles. The zero-order valence-corrected chi connectivity index (χ0v) is 13.8. The number of carbonyl (C=O) groups excluding carboxylic acids is 1. The van der Waals surface area contributed by atoms with Gasteiger partial charge in [0.2, 0.25) is 0 Å². The minimum Gasteiger partial charge on any atom is -0.479 e. The summed E-state index contributed by atoms with van der Waals surface area (Å²) < 4.78 is 6.52. The van der Waals surface area contributed by atoms with Gasteiger partial charge in [-0.05, 0) is 38.0 Å². The van der Waals surface area contributed by atoms with E-state index in [9.17, 15) is 4.79 Å². The quantitative estimate of drug-likeness (QED) is 0.868. The predicted molar refractivity (Wildman–Crippen MR) is 84.3 cm³/mol. The normalized spacial score (nSPS) is 17.6. The Labute approximate surface area is 133 Å². The van der Waals surface area contributed by atoms with Gasteiger partial charge in [-0.1, -0.05) is 46.8 Å². The maximum atomic E-state index is 12.1. The number of hydrogen-bond donors (Lipinski definition) is 1. The molecule has 0 unspecified atom stereocenters. The molecule has 3 nitrogen and oxygen atoms in total. The number of hydrogen-bond acceptors (Lipinski definition) is 2. The highest BCUT2D eigenvalue weighted by atomic mass is 79.9. The van der Waals surface area contributed by atoms with E-state index >= 15 is 0 Å². The van der Waals surface area contributed by atoms with Gasteiger partial charge in [0.1, 0.15) is 5.75 Å². The van der Waals surface area contributed by atoms with Crippen LogP contribution < -0.4 is 10.1 Å². The predicted octanol–water partition coefficient (Wildman–Crippen LogP) is 4.32. The maximum Gasteiger partial charge on any atom is 0.260 e. The molecule has 0 spiro atoms. The Morgan fingerprint density at radius 3 is 2.75 bits per heavy atom. The number of halogens is 2. The lowest BCUT2D eigenvalue weighted by Crippen LogP contribution is -2.43. The Kier molecular flexibility index (Phi) is 5.73. The van der Waals surface area contributed by atoms with Crippen LogP contribution in [0.5, 0.6) is 5.75 Å². The summed E-state index contributed by atoms with van der Waals surface area (Å²) in [4.78, 5) is 12.1. The molecule has 5 heteroatoms. The van der Waals surface area contributed by atoms with Crippen LogP contribution in [0.2, 0.25) is 5.02 Å². The van der Waals surface area contributed by atoms with Crippen molar-refractivity contribution in [3.63, 3.8) is 0 Å². The van der Waals surface area contributed by atoms with Crippen LogP contribution in [0.15, 0.2) is 22.7 Å². The molecule has 0 aliphatic heterocycles. The SMILES string of the molecule is C[C@@H](Oc1ccc(Br)cc1Cl)C(=O)NC1CCCCC1. The number of nitrogens with one attached hydrogen (secondary N) is 1. The molecule has 0 heterocycles. The summed E-state index contributed by atoms with van der Waals surface area (Å²) in [6.07, 6.45) is 5.25. The van der Waals surface area contributed by atoms with Gasteiger partial charge in [-0.15, -0.1) is 0 Å². The molecule has 0 saturated heterocycles. The molecule has 1 amide bonds. The molecule has 110 valence electrons. The fourth-order valence-electron chi connectivity index (χ4n) is 2.38. The van der Waals surface area contributed by atoms with Crippen LogP contribution >= 0.6 is 27.5 Å². The molecule has 1 aliphatic carbocycles. The van der Waals surface area contributed by atoms with E-state index in [1.165, 1.54) is 19.3 Å². The van der Waals surface area contributed by atoms with Gasteiger partial charge in [0.15, 0.2) is 6.10 Å². The Morgan fingerprint density at radius 1 is 1.40 bits per heavy atom. The number of benzene rings is 1. The zero-order chi connectivity index (χ0) is 14.5. The molecule has 0 aromatic heterocycles. The van der Waals surface area contributed by atoms with Crippen LogP contribution in [-0.2, 0) is 4.79 Å². The first kappa shape index (κ1) is 15.6. The first-order chi connectivity index (χ1) is 9.56. The van der Waals surface area contributed by atoms with Crippen molar-refractivity contribution < 1.29 is 9.53 Å². The van der Waals surface area contributed by atoms with E-state index in [-0.39, 0.29) is 5.91 Å². The average Bonchev–Trinajstić information content (AvgIpc) is 2.43. The van der Waals surface area contributed by atoms with Crippen molar-refractivity contribution in [3.8, 4) is 5.75 Å². The standard InChI is InChI=1S/C15H19BrClNO2/c1-10(15(19)18-12-5-3-2-4-6-12)20-14-8-7-11(16)9-13(14)17/h7-10,12H,2-6H2,1H3,(H,18,19)/t10-/m1/s1. The number of amides is 1. The Balaban J connectivity index is 1.89. The largest absolute Gasteiger partial charge is 0.479 e. The molecule has 1 aromatic carbocycles. The topological polar surface area (TPSA) is 38.3 Å². The van der Waals surface area contributed by atoms with E-state index < -0.39 is 6.10 Å². The summed E-state index contributed by atoms with van der Waals surface area (Å²) in [6.45, 7) is 1.75. The maximum absolute atomic E-state index is 12.1. The van der Waals surface area contributed by atoms with Gasteiger partial charge in [-0.25, -0.2) is 0 Å². The third-order valence-corrected chi connectivity index (χ3v) is 4.31. The van der Waals surface area contributed by atoms with E-state index in [1.807, 2.05) is 6.07 Å². The lowest BCUT2D eigenvalue weighted by molar-refractivity contribution is -0.128. The summed E-state index contributed by atoms with van der Waals surface area (Å²) in [5, 5.41) is 3.55. The molecule has 1 aromatic rings. The summed E-state index contributed by atoms with van der Waals surface area (Å²) in [7, 11) is 0. The minimum absolute atomic E-state index is 0.0733. The molecule has 2 rings (SSSR count). The van der Waals surface area contributed by atoms with Crippen molar-refractivity contribution in [2.24, 2.45) is 0 Å². The van der Waals surface area contributed by atoms with Crippen molar-refractivity contribution >= 4 is 33.4 Å². The lowest BCUT2D eigenvalue weighted by atomic mass is 9.95. The number of ether oxygens (including phenoxy) is 1. The third kappa shape index (κ3) is 4.38. The van der Waals surface area contributed by atoms with Crippen LogP contribution in [0, 0.1) is 0 Å². The second-order valence-electron chi connectivity index (χ2n) is 5.18. The van der Waals surface area contributed by atoms with Crippen LogP contribution in [0.4, 0.5) is 0 Å². The van der Waals surface area contributed by atoms with Gasteiger partial charge in [0, 0.05) is 10.5 Å². The van der Waals surface area contributed by atoms with E-state index in [2.05, 4.69) is 21.2 Å². The van der Waals surface area contributed by atoms with Crippen LogP contribution in [-0.4, -0.2) is 18.1 Å². The minimum atomic E-state index is -0.546. The van der Waals surface area contributed by atoms with Crippen molar-refractivity contribution in [2.45, 2.75) is 51.2 Å². The summed E-state index contributed by atoms with van der Waals surface area (Å²) in [6, 6.07) is 5.65. The van der Waals surface area contributed by atoms with Gasteiger partial charge < -0.3 is 10.1 Å². The highest BCUT2D eigenvalue weighted by Crippen LogP contribution is 2.28. The van der Waals surface area contributed by atoms with Gasteiger partial charge in [-0.3, -0.25) is 4.79 Å². The third-order valence-electron chi connectivity index (χ3n) is 3.52. The van der Waals surface area contributed by atoms with E-state index in [0.29, 0.717) is 16.8 Å². The van der Waals surface area contributed by atoms with Crippen molar-refractivity contribution in [3.05, 3.63) is 27.7 Å².